The molecule has 1 aliphatic rings. The van der Waals surface area contributed by atoms with E-state index < -0.39 is 12.0 Å². The maximum Gasteiger partial charge on any atom is 0.248 e. The lowest BCUT2D eigenvalue weighted by Gasteiger charge is -2.35. The summed E-state index contributed by atoms with van der Waals surface area (Å²) in [6.45, 7) is 0.258. The summed E-state index contributed by atoms with van der Waals surface area (Å²) >= 11 is 0. The molecule has 1 aromatic rings. The topological polar surface area (TPSA) is 55.5 Å². The molecular weight excluding hydrogens is 276 g/mol. The molecule has 2 atom stereocenters. The summed E-state index contributed by atoms with van der Waals surface area (Å²) in [6, 6.07) is 7.41. The molecule has 0 spiro atoms. The van der Waals surface area contributed by atoms with Crippen LogP contribution in [-0.2, 0) is 0 Å². The standard InChI is InChI=1S/C16H23F2NO2/c1-21-14-5-3-2-4-12(14)13(10-19)15(20)11-6-8-16(17,18)9-7-11/h2-5,11,13,15,20H,6-10,19H2,1H3. The molecule has 1 aromatic carbocycles. The highest BCUT2D eigenvalue weighted by Gasteiger charge is 2.39. The van der Waals surface area contributed by atoms with E-state index in [0.29, 0.717) is 18.6 Å². The predicted octanol–water partition coefficient (Wildman–Crippen LogP) is 2.92. The van der Waals surface area contributed by atoms with Crippen molar-refractivity contribution in [2.45, 2.75) is 43.6 Å². The minimum absolute atomic E-state index is 0.136. The van der Waals surface area contributed by atoms with Crippen LogP contribution in [0, 0.1) is 5.92 Å². The smallest absolute Gasteiger partial charge is 0.248 e. The van der Waals surface area contributed by atoms with E-state index in [9.17, 15) is 13.9 Å². The second-order valence-corrected chi connectivity index (χ2v) is 5.77. The Bertz CT molecular complexity index is 457. The molecule has 3 N–H and O–H groups in total. The van der Waals surface area contributed by atoms with Gasteiger partial charge in [0, 0.05) is 30.9 Å². The highest BCUT2D eigenvalue weighted by Crippen LogP contribution is 2.41. The minimum atomic E-state index is -2.58. The molecule has 0 saturated heterocycles. The molecule has 1 saturated carbocycles. The van der Waals surface area contributed by atoms with Crippen LogP contribution >= 0.6 is 0 Å². The fourth-order valence-corrected chi connectivity index (χ4v) is 3.16. The van der Waals surface area contributed by atoms with Gasteiger partial charge >= 0.3 is 0 Å². The number of hydrogen-bond donors (Lipinski definition) is 2. The lowest BCUT2D eigenvalue weighted by atomic mass is 9.77. The van der Waals surface area contributed by atoms with Crippen molar-refractivity contribution in [3.05, 3.63) is 29.8 Å². The van der Waals surface area contributed by atoms with E-state index in [1.165, 1.54) is 0 Å². The number of ether oxygens (including phenoxy) is 1. The molecule has 2 unspecified atom stereocenters. The van der Waals surface area contributed by atoms with Crippen molar-refractivity contribution in [1.82, 2.24) is 0 Å². The summed E-state index contributed by atoms with van der Waals surface area (Å²) < 4.78 is 31.8. The molecule has 1 aliphatic carbocycles. The van der Waals surface area contributed by atoms with E-state index in [1.54, 1.807) is 7.11 Å². The average Bonchev–Trinajstić information content (AvgIpc) is 2.48. The Morgan fingerprint density at radius 1 is 1.33 bits per heavy atom. The minimum Gasteiger partial charge on any atom is -0.496 e. The van der Waals surface area contributed by atoms with Gasteiger partial charge in [0.05, 0.1) is 13.2 Å². The van der Waals surface area contributed by atoms with Crippen molar-refractivity contribution in [3.63, 3.8) is 0 Å². The molecule has 1 fully saturated rings. The largest absolute Gasteiger partial charge is 0.496 e. The average molecular weight is 299 g/mol. The van der Waals surface area contributed by atoms with Gasteiger partial charge < -0.3 is 15.6 Å². The summed E-state index contributed by atoms with van der Waals surface area (Å²) in [5.74, 6) is -2.34. The predicted molar refractivity (Wildman–Crippen MR) is 77.7 cm³/mol. The van der Waals surface area contributed by atoms with E-state index in [0.717, 1.165) is 5.56 Å². The van der Waals surface area contributed by atoms with E-state index in [4.69, 9.17) is 10.5 Å². The molecule has 5 heteroatoms. The first-order chi connectivity index (χ1) is 9.98. The number of rotatable bonds is 5. The van der Waals surface area contributed by atoms with Gasteiger partial charge in [-0.1, -0.05) is 18.2 Å². The van der Waals surface area contributed by atoms with Crippen molar-refractivity contribution < 1.29 is 18.6 Å². The van der Waals surface area contributed by atoms with Gasteiger partial charge in [-0.05, 0) is 24.8 Å². The van der Waals surface area contributed by atoms with E-state index >= 15 is 0 Å². The summed E-state index contributed by atoms with van der Waals surface area (Å²) in [4.78, 5) is 0. The molecule has 0 aliphatic heterocycles. The zero-order valence-electron chi connectivity index (χ0n) is 12.3. The van der Waals surface area contributed by atoms with Crippen molar-refractivity contribution in [2.24, 2.45) is 11.7 Å². The van der Waals surface area contributed by atoms with Crippen LogP contribution in [0.15, 0.2) is 24.3 Å². The number of nitrogens with two attached hydrogens (primary N) is 1. The van der Waals surface area contributed by atoms with Gasteiger partial charge in [0.2, 0.25) is 5.92 Å². The Labute approximate surface area is 124 Å². The number of benzene rings is 1. The SMILES string of the molecule is COc1ccccc1C(CN)C(O)C1CCC(F)(F)CC1. The van der Waals surface area contributed by atoms with Crippen molar-refractivity contribution >= 4 is 0 Å². The first kappa shape index (κ1) is 16.2. The Morgan fingerprint density at radius 3 is 2.52 bits per heavy atom. The van der Waals surface area contributed by atoms with E-state index in [1.807, 2.05) is 24.3 Å². The second kappa shape index (κ2) is 6.71. The first-order valence-corrected chi connectivity index (χ1v) is 7.37. The van der Waals surface area contributed by atoms with Gasteiger partial charge in [-0.25, -0.2) is 8.78 Å². The van der Waals surface area contributed by atoms with Crippen LogP contribution in [0.1, 0.15) is 37.2 Å². The van der Waals surface area contributed by atoms with E-state index in [2.05, 4.69) is 0 Å². The normalized spacial score (nSPS) is 21.8. The van der Waals surface area contributed by atoms with E-state index in [-0.39, 0.29) is 31.2 Å². The first-order valence-electron chi connectivity index (χ1n) is 7.37. The summed E-state index contributed by atoms with van der Waals surface area (Å²) in [7, 11) is 1.57. The van der Waals surface area contributed by atoms with Crippen molar-refractivity contribution in [1.29, 1.82) is 0 Å². The monoisotopic (exact) mass is 299 g/mol. The molecular formula is C16H23F2NO2. The van der Waals surface area contributed by atoms with Gasteiger partial charge in [-0.15, -0.1) is 0 Å². The molecule has 0 bridgehead atoms. The molecule has 118 valence electrons. The lowest BCUT2D eigenvalue weighted by molar-refractivity contribution is -0.0651. The second-order valence-electron chi connectivity index (χ2n) is 5.77. The van der Waals surface area contributed by atoms with Crippen molar-refractivity contribution in [3.8, 4) is 5.75 Å². The van der Waals surface area contributed by atoms with Crippen LogP contribution in [-0.4, -0.2) is 30.8 Å². The van der Waals surface area contributed by atoms with Gasteiger partial charge in [0.15, 0.2) is 0 Å². The third kappa shape index (κ3) is 3.71. The summed E-state index contributed by atoms with van der Waals surface area (Å²) in [5, 5.41) is 10.6. The maximum atomic E-state index is 13.2. The molecule has 0 heterocycles. The van der Waals surface area contributed by atoms with Crippen LogP contribution < -0.4 is 10.5 Å². The Kier molecular flexibility index (Phi) is 5.17. The Balaban J connectivity index is 2.14. The van der Waals surface area contributed by atoms with Gasteiger partial charge in [0.25, 0.3) is 0 Å². The molecule has 0 aromatic heterocycles. The molecule has 0 amide bonds. The molecule has 2 rings (SSSR count). The fraction of sp³-hybridized carbons (Fsp3) is 0.625. The zero-order chi connectivity index (χ0) is 15.5. The van der Waals surface area contributed by atoms with Gasteiger partial charge in [-0.3, -0.25) is 0 Å². The zero-order valence-corrected chi connectivity index (χ0v) is 12.3. The number of hydrogen-bond acceptors (Lipinski definition) is 3. The maximum absolute atomic E-state index is 13.2. The van der Waals surface area contributed by atoms with Crippen LogP contribution in [0.4, 0.5) is 8.78 Å². The lowest BCUT2D eigenvalue weighted by Crippen LogP contribution is -2.37. The van der Waals surface area contributed by atoms with Gasteiger partial charge in [-0.2, -0.15) is 0 Å². The molecule has 0 radical (unpaired) electrons. The number of halogens is 2. The van der Waals surface area contributed by atoms with Gasteiger partial charge in [0.1, 0.15) is 5.75 Å². The number of para-hydroxylation sites is 1. The third-order valence-corrected chi connectivity index (χ3v) is 4.45. The summed E-state index contributed by atoms with van der Waals surface area (Å²) in [6.07, 6.45) is -0.363. The summed E-state index contributed by atoms with van der Waals surface area (Å²) in [5.41, 5.74) is 6.67. The number of aliphatic hydroxyl groups excluding tert-OH is 1. The fourth-order valence-electron chi connectivity index (χ4n) is 3.16. The number of alkyl halides is 2. The van der Waals surface area contributed by atoms with Crippen LogP contribution in [0.2, 0.25) is 0 Å². The highest BCUT2D eigenvalue weighted by atomic mass is 19.3. The molecule has 3 nitrogen and oxygen atoms in total. The highest BCUT2D eigenvalue weighted by molar-refractivity contribution is 5.37. The van der Waals surface area contributed by atoms with Crippen molar-refractivity contribution in [2.75, 3.05) is 13.7 Å². The molecule has 21 heavy (non-hydrogen) atoms. The van der Waals surface area contributed by atoms with Crippen LogP contribution in [0.5, 0.6) is 5.75 Å². The number of methoxy groups -OCH3 is 1. The van der Waals surface area contributed by atoms with Crippen LogP contribution in [0.25, 0.3) is 0 Å². The Morgan fingerprint density at radius 2 is 1.95 bits per heavy atom. The third-order valence-electron chi connectivity index (χ3n) is 4.45. The van der Waals surface area contributed by atoms with Crippen LogP contribution in [0.3, 0.4) is 0 Å². The number of aliphatic hydroxyl groups is 1. The quantitative estimate of drug-likeness (QED) is 0.879. The Hall–Kier alpha value is -1.20.